The fraction of sp³-hybridized carbons (Fsp3) is 0.0500. The molecule has 5 nitrogen and oxygen atoms in total. The number of nitrogens with zero attached hydrogens (tertiary/aromatic N) is 3. The van der Waals surface area contributed by atoms with Crippen LogP contribution in [0.3, 0.4) is 0 Å². The van der Waals surface area contributed by atoms with E-state index in [1.807, 2.05) is 66.9 Å². The predicted molar refractivity (Wildman–Crippen MR) is 96.5 cm³/mol. The van der Waals surface area contributed by atoms with Gasteiger partial charge in [0.1, 0.15) is 5.69 Å². The van der Waals surface area contributed by atoms with E-state index in [9.17, 15) is 4.79 Å². The predicted octanol–water partition coefficient (Wildman–Crippen LogP) is 3.35. The molecule has 0 spiro atoms. The minimum Gasteiger partial charge on any atom is -0.347 e. The molecule has 0 atom stereocenters. The molecular weight excluding hydrogens is 312 g/mol. The van der Waals surface area contributed by atoms with Crippen molar-refractivity contribution in [3.05, 3.63) is 90.4 Å². The Bertz CT molecular complexity index is 1020. The van der Waals surface area contributed by atoms with Gasteiger partial charge in [-0.25, -0.2) is 9.67 Å². The molecule has 0 bridgehead atoms. The summed E-state index contributed by atoms with van der Waals surface area (Å²) in [6, 6.07) is 21.2. The molecule has 2 aromatic heterocycles. The number of hydrogen-bond acceptors (Lipinski definition) is 3. The molecule has 2 heterocycles. The summed E-state index contributed by atoms with van der Waals surface area (Å²) < 4.78 is 1.79. The van der Waals surface area contributed by atoms with Crippen molar-refractivity contribution >= 4 is 16.8 Å². The number of carbonyl (C=O) groups is 1. The third kappa shape index (κ3) is 3.26. The number of aromatic nitrogens is 3. The van der Waals surface area contributed by atoms with Crippen LogP contribution in [0.2, 0.25) is 0 Å². The monoisotopic (exact) mass is 328 g/mol. The van der Waals surface area contributed by atoms with Gasteiger partial charge in [-0.3, -0.25) is 4.79 Å². The van der Waals surface area contributed by atoms with E-state index in [-0.39, 0.29) is 5.91 Å². The molecule has 0 saturated heterocycles. The third-order valence-corrected chi connectivity index (χ3v) is 3.94. The van der Waals surface area contributed by atoms with E-state index < -0.39 is 0 Å². The number of carbonyl (C=O) groups excluding carboxylic acids is 1. The van der Waals surface area contributed by atoms with Gasteiger partial charge in [-0.15, -0.1) is 0 Å². The number of amides is 1. The summed E-state index contributed by atoms with van der Waals surface area (Å²) in [5, 5.41) is 8.23. The van der Waals surface area contributed by atoms with E-state index in [0.29, 0.717) is 12.2 Å². The highest BCUT2D eigenvalue weighted by Gasteiger charge is 2.09. The van der Waals surface area contributed by atoms with Crippen molar-refractivity contribution in [1.29, 1.82) is 0 Å². The summed E-state index contributed by atoms with van der Waals surface area (Å²) in [6.45, 7) is 0.403. The van der Waals surface area contributed by atoms with E-state index in [1.54, 1.807) is 16.9 Å². The topological polar surface area (TPSA) is 59.8 Å². The van der Waals surface area contributed by atoms with Crippen LogP contribution in [0.1, 0.15) is 16.1 Å². The molecule has 0 aliphatic rings. The molecule has 2 aromatic carbocycles. The van der Waals surface area contributed by atoms with Gasteiger partial charge >= 0.3 is 0 Å². The van der Waals surface area contributed by atoms with Gasteiger partial charge < -0.3 is 5.32 Å². The van der Waals surface area contributed by atoms with Crippen molar-refractivity contribution in [2.24, 2.45) is 0 Å². The number of rotatable bonds is 4. The minimum absolute atomic E-state index is 0.196. The first kappa shape index (κ1) is 15.1. The zero-order valence-electron chi connectivity index (χ0n) is 13.5. The maximum atomic E-state index is 12.3. The first-order chi connectivity index (χ1) is 12.3. The lowest BCUT2D eigenvalue weighted by atomic mass is 10.2. The van der Waals surface area contributed by atoms with Crippen molar-refractivity contribution in [2.75, 3.05) is 0 Å². The largest absolute Gasteiger partial charge is 0.347 e. The fourth-order valence-corrected chi connectivity index (χ4v) is 2.64. The van der Waals surface area contributed by atoms with E-state index in [4.69, 9.17) is 0 Å². The van der Waals surface area contributed by atoms with E-state index in [0.717, 1.165) is 22.2 Å². The van der Waals surface area contributed by atoms with Crippen LogP contribution < -0.4 is 5.32 Å². The molecule has 1 amide bonds. The molecule has 4 rings (SSSR count). The second kappa shape index (κ2) is 6.57. The van der Waals surface area contributed by atoms with Crippen molar-refractivity contribution in [3.8, 4) is 5.69 Å². The number of para-hydroxylation sites is 2. The van der Waals surface area contributed by atoms with E-state index >= 15 is 0 Å². The van der Waals surface area contributed by atoms with E-state index in [2.05, 4.69) is 15.4 Å². The Labute approximate surface area is 144 Å². The summed E-state index contributed by atoms with van der Waals surface area (Å²) >= 11 is 0. The molecule has 5 heteroatoms. The Kier molecular flexibility index (Phi) is 3.96. The Morgan fingerprint density at radius 3 is 2.64 bits per heavy atom. The summed E-state index contributed by atoms with van der Waals surface area (Å²) in [5.74, 6) is -0.196. The molecule has 0 aliphatic carbocycles. The van der Waals surface area contributed by atoms with Gasteiger partial charge in [0.15, 0.2) is 0 Å². The molecule has 0 saturated carbocycles. The quantitative estimate of drug-likeness (QED) is 0.625. The maximum Gasteiger partial charge on any atom is 0.270 e. The molecule has 25 heavy (non-hydrogen) atoms. The number of nitrogens with one attached hydrogen (secondary N) is 1. The molecule has 0 aliphatic heterocycles. The van der Waals surface area contributed by atoms with Crippen LogP contribution in [-0.2, 0) is 6.54 Å². The Hall–Kier alpha value is -3.47. The zero-order chi connectivity index (χ0) is 17.1. The fourth-order valence-electron chi connectivity index (χ4n) is 2.64. The highest BCUT2D eigenvalue weighted by molar-refractivity contribution is 5.94. The first-order valence-electron chi connectivity index (χ1n) is 8.02. The second-order valence-corrected chi connectivity index (χ2v) is 5.70. The van der Waals surface area contributed by atoms with Crippen LogP contribution in [0.15, 0.2) is 79.1 Å². The summed E-state index contributed by atoms with van der Waals surface area (Å²) in [5.41, 5.74) is 3.13. The molecule has 0 unspecified atom stereocenters. The van der Waals surface area contributed by atoms with Crippen LogP contribution in [-0.4, -0.2) is 20.7 Å². The van der Waals surface area contributed by atoms with Crippen molar-refractivity contribution < 1.29 is 4.79 Å². The van der Waals surface area contributed by atoms with Crippen LogP contribution in [0.4, 0.5) is 0 Å². The number of pyridine rings is 1. The van der Waals surface area contributed by atoms with Gasteiger partial charge in [-0.05, 0) is 24.3 Å². The van der Waals surface area contributed by atoms with Gasteiger partial charge in [0.05, 0.1) is 17.4 Å². The number of benzene rings is 2. The lowest BCUT2D eigenvalue weighted by molar-refractivity contribution is 0.0946. The van der Waals surface area contributed by atoms with E-state index in [1.165, 1.54) is 0 Å². The molecule has 122 valence electrons. The maximum absolute atomic E-state index is 12.3. The average molecular weight is 328 g/mol. The van der Waals surface area contributed by atoms with Gasteiger partial charge in [0.25, 0.3) is 5.91 Å². The summed E-state index contributed by atoms with van der Waals surface area (Å²) in [6.07, 6.45) is 3.66. The van der Waals surface area contributed by atoms with Crippen LogP contribution >= 0.6 is 0 Å². The molecule has 4 aromatic rings. The Balaban J connectivity index is 1.45. The summed E-state index contributed by atoms with van der Waals surface area (Å²) in [4.78, 5) is 16.7. The zero-order valence-corrected chi connectivity index (χ0v) is 13.5. The SMILES string of the molecule is O=C(NCc1cnn(-c2ccccc2)c1)c1ccc2ccccc2n1. The lowest BCUT2D eigenvalue weighted by Crippen LogP contribution is -2.23. The number of fused-ring (bicyclic) bond motifs is 1. The standard InChI is InChI=1S/C20H16N4O/c25-20(19-11-10-16-6-4-5-9-18(16)23-19)21-12-15-13-22-24(14-15)17-7-2-1-3-8-17/h1-11,13-14H,12H2,(H,21,25). The van der Waals surface area contributed by atoms with Gasteiger partial charge in [0.2, 0.25) is 0 Å². The first-order valence-corrected chi connectivity index (χ1v) is 8.02. The summed E-state index contributed by atoms with van der Waals surface area (Å²) in [7, 11) is 0. The molecule has 0 radical (unpaired) electrons. The van der Waals surface area contributed by atoms with Gasteiger partial charge in [-0.1, -0.05) is 42.5 Å². The highest BCUT2D eigenvalue weighted by atomic mass is 16.1. The van der Waals surface area contributed by atoms with Crippen molar-refractivity contribution in [1.82, 2.24) is 20.1 Å². The van der Waals surface area contributed by atoms with Gasteiger partial charge in [-0.2, -0.15) is 5.10 Å². The second-order valence-electron chi connectivity index (χ2n) is 5.70. The lowest BCUT2D eigenvalue weighted by Gasteiger charge is -2.04. The molecule has 1 N–H and O–H groups in total. The van der Waals surface area contributed by atoms with Crippen LogP contribution in [0, 0.1) is 0 Å². The number of hydrogen-bond donors (Lipinski definition) is 1. The van der Waals surface area contributed by atoms with Gasteiger partial charge in [0, 0.05) is 23.7 Å². The van der Waals surface area contributed by atoms with Crippen LogP contribution in [0.25, 0.3) is 16.6 Å². The smallest absolute Gasteiger partial charge is 0.270 e. The van der Waals surface area contributed by atoms with Crippen LogP contribution in [0.5, 0.6) is 0 Å². The Morgan fingerprint density at radius 2 is 1.76 bits per heavy atom. The highest BCUT2D eigenvalue weighted by Crippen LogP contribution is 2.12. The minimum atomic E-state index is -0.196. The Morgan fingerprint density at radius 1 is 0.960 bits per heavy atom. The molecular formula is C20H16N4O. The average Bonchev–Trinajstić information content (AvgIpc) is 3.15. The molecule has 0 fully saturated rings. The normalized spacial score (nSPS) is 10.7. The van der Waals surface area contributed by atoms with Crippen molar-refractivity contribution in [3.63, 3.8) is 0 Å². The van der Waals surface area contributed by atoms with Crippen molar-refractivity contribution in [2.45, 2.75) is 6.54 Å². The third-order valence-electron chi connectivity index (χ3n) is 3.94.